The molecule has 142 valence electrons. The van der Waals surface area contributed by atoms with Gasteiger partial charge in [-0.2, -0.15) is 4.31 Å². The molecule has 1 N–H and O–H groups in total. The van der Waals surface area contributed by atoms with Crippen molar-refractivity contribution in [3.8, 4) is 0 Å². The van der Waals surface area contributed by atoms with Crippen molar-refractivity contribution in [1.82, 2.24) is 14.5 Å². The summed E-state index contributed by atoms with van der Waals surface area (Å²) in [5.74, 6) is -1.09. The van der Waals surface area contributed by atoms with Crippen molar-refractivity contribution < 1.29 is 17.6 Å². The quantitative estimate of drug-likeness (QED) is 0.523. The van der Waals surface area contributed by atoms with E-state index in [9.17, 15) is 17.6 Å². The summed E-state index contributed by atoms with van der Waals surface area (Å²) in [4.78, 5) is 12.2. The highest BCUT2D eigenvalue weighted by molar-refractivity contribution is 8.01. The van der Waals surface area contributed by atoms with Gasteiger partial charge in [0.2, 0.25) is 21.1 Å². The van der Waals surface area contributed by atoms with Gasteiger partial charge in [0.1, 0.15) is 5.82 Å². The second kappa shape index (κ2) is 8.89. The molecule has 0 bridgehead atoms. The van der Waals surface area contributed by atoms with E-state index in [0.29, 0.717) is 9.59 Å². The van der Waals surface area contributed by atoms with Crippen LogP contribution in [0.4, 0.5) is 9.52 Å². The van der Waals surface area contributed by atoms with E-state index in [1.54, 1.807) is 6.07 Å². The zero-order valence-electron chi connectivity index (χ0n) is 14.5. The average molecular weight is 419 g/mol. The first-order valence-electron chi connectivity index (χ1n) is 7.63. The third kappa shape index (κ3) is 6.31. The van der Waals surface area contributed by atoms with Gasteiger partial charge in [-0.25, -0.2) is 12.8 Å². The fourth-order valence-electron chi connectivity index (χ4n) is 1.94. The molecule has 7 nitrogen and oxygen atoms in total. The fraction of sp³-hybridized carbons (Fsp3) is 0.400. The number of hydrogen-bond donors (Lipinski definition) is 1. The van der Waals surface area contributed by atoms with Crippen LogP contribution in [-0.2, 0) is 21.4 Å². The Labute approximate surface area is 160 Å². The van der Waals surface area contributed by atoms with E-state index in [0.717, 1.165) is 10.6 Å². The van der Waals surface area contributed by atoms with Gasteiger partial charge in [-0.05, 0) is 6.07 Å². The number of thioether (sulfide) groups is 1. The zero-order chi connectivity index (χ0) is 19.3. The molecule has 0 saturated heterocycles. The molecule has 0 aliphatic carbocycles. The fourth-order valence-corrected chi connectivity index (χ4v) is 4.65. The van der Waals surface area contributed by atoms with Gasteiger partial charge >= 0.3 is 0 Å². The normalized spacial score (nSPS) is 11.9. The third-order valence-corrected chi connectivity index (χ3v) is 6.21. The number of rotatable bonds is 8. The Kier molecular flexibility index (Phi) is 7.09. The van der Waals surface area contributed by atoms with E-state index in [-0.39, 0.29) is 17.2 Å². The number of halogens is 1. The number of carbonyl (C=O) groups excluding carboxylic acids is 1. The van der Waals surface area contributed by atoms with Gasteiger partial charge in [-0.15, -0.1) is 10.2 Å². The Bertz CT molecular complexity index is 871. The minimum Gasteiger partial charge on any atom is -0.299 e. The highest BCUT2D eigenvalue weighted by Gasteiger charge is 2.22. The van der Waals surface area contributed by atoms with E-state index in [1.165, 1.54) is 41.3 Å². The molecule has 0 spiro atoms. The number of nitrogens with zero attached hydrogens (tertiary/aromatic N) is 3. The van der Waals surface area contributed by atoms with Crippen molar-refractivity contribution in [1.29, 1.82) is 0 Å². The van der Waals surface area contributed by atoms with Crippen molar-refractivity contribution in [3.63, 3.8) is 0 Å². The monoisotopic (exact) mass is 418 g/mol. The zero-order valence-corrected chi connectivity index (χ0v) is 16.9. The summed E-state index contributed by atoms with van der Waals surface area (Å²) in [5, 5.41) is 11.0. The Balaban J connectivity index is 2.05. The highest BCUT2D eigenvalue weighted by atomic mass is 32.2. The number of benzene rings is 1. The largest absolute Gasteiger partial charge is 0.299 e. The van der Waals surface area contributed by atoms with Gasteiger partial charge in [0.15, 0.2) is 4.34 Å². The first kappa shape index (κ1) is 20.7. The van der Waals surface area contributed by atoms with Crippen LogP contribution in [-0.4, -0.2) is 46.9 Å². The van der Waals surface area contributed by atoms with Crippen molar-refractivity contribution in [2.45, 2.75) is 30.0 Å². The van der Waals surface area contributed by atoms with E-state index in [1.807, 2.05) is 13.8 Å². The SMILES string of the molecule is CC(C)Sc1nnc(NC(=O)CN(Cc2ccccc2F)S(C)(=O)=O)s1. The summed E-state index contributed by atoms with van der Waals surface area (Å²) in [6.45, 7) is 3.34. The summed E-state index contributed by atoms with van der Waals surface area (Å²) in [5.41, 5.74) is 0.192. The van der Waals surface area contributed by atoms with E-state index in [2.05, 4.69) is 15.5 Å². The van der Waals surface area contributed by atoms with Crippen LogP contribution in [0.3, 0.4) is 0 Å². The van der Waals surface area contributed by atoms with Crippen LogP contribution in [0.25, 0.3) is 0 Å². The maximum atomic E-state index is 13.8. The summed E-state index contributed by atoms with van der Waals surface area (Å²) < 4.78 is 39.3. The summed E-state index contributed by atoms with van der Waals surface area (Å²) in [7, 11) is -3.71. The predicted molar refractivity (Wildman–Crippen MR) is 101 cm³/mol. The molecule has 0 aliphatic rings. The first-order valence-corrected chi connectivity index (χ1v) is 11.2. The topological polar surface area (TPSA) is 92.3 Å². The van der Waals surface area contributed by atoms with Gasteiger partial charge in [0, 0.05) is 17.4 Å². The highest BCUT2D eigenvalue weighted by Crippen LogP contribution is 2.28. The van der Waals surface area contributed by atoms with Gasteiger partial charge in [0.05, 0.1) is 12.8 Å². The number of amides is 1. The molecule has 1 heterocycles. The van der Waals surface area contributed by atoms with Crippen LogP contribution >= 0.6 is 23.1 Å². The third-order valence-electron chi connectivity index (χ3n) is 3.08. The van der Waals surface area contributed by atoms with Gasteiger partial charge in [-0.3, -0.25) is 10.1 Å². The average Bonchev–Trinajstić information content (AvgIpc) is 2.93. The molecule has 1 aromatic carbocycles. The first-order chi connectivity index (χ1) is 12.1. The Morgan fingerprint density at radius 1 is 1.35 bits per heavy atom. The molecule has 0 radical (unpaired) electrons. The van der Waals surface area contributed by atoms with Crippen LogP contribution < -0.4 is 5.32 Å². The van der Waals surface area contributed by atoms with E-state index < -0.39 is 28.3 Å². The van der Waals surface area contributed by atoms with Gasteiger partial charge in [-0.1, -0.05) is 55.1 Å². The molecule has 0 aliphatic heterocycles. The smallest absolute Gasteiger partial charge is 0.241 e. The minimum atomic E-state index is -3.71. The standard InChI is InChI=1S/C15H19FN4O3S3/c1-10(2)24-15-19-18-14(25-15)17-13(21)9-20(26(3,22)23)8-11-6-4-5-7-12(11)16/h4-7,10H,8-9H2,1-3H3,(H,17,18,21). The predicted octanol–water partition coefficient (Wildman–Crippen LogP) is 2.58. The van der Waals surface area contributed by atoms with Crippen molar-refractivity contribution >= 4 is 44.2 Å². The lowest BCUT2D eigenvalue weighted by Crippen LogP contribution is -2.37. The molecule has 1 aromatic heterocycles. The number of sulfonamides is 1. The molecule has 0 saturated carbocycles. The van der Waals surface area contributed by atoms with Crippen LogP contribution in [0.15, 0.2) is 28.6 Å². The number of hydrogen-bond acceptors (Lipinski definition) is 7. The lowest BCUT2D eigenvalue weighted by molar-refractivity contribution is -0.116. The van der Waals surface area contributed by atoms with E-state index >= 15 is 0 Å². The summed E-state index contributed by atoms with van der Waals surface area (Å²) in [6.07, 6.45) is 0.976. The molecular weight excluding hydrogens is 399 g/mol. The number of anilines is 1. The molecule has 26 heavy (non-hydrogen) atoms. The summed E-state index contributed by atoms with van der Waals surface area (Å²) >= 11 is 2.72. The Hall–Kier alpha value is -1.56. The molecule has 2 rings (SSSR count). The number of aromatic nitrogens is 2. The molecule has 0 atom stereocenters. The Morgan fingerprint density at radius 3 is 2.65 bits per heavy atom. The molecule has 1 amide bonds. The second-order valence-corrected chi connectivity index (χ2v) is 10.5. The van der Waals surface area contributed by atoms with Crippen LogP contribution in [0.1, 0.15) is 19.4 Å². The lowest BCUT2D eigenvalue weighted by atomic mass is 10.2. The molecule has 0 unspecified atom stereocenters. The Morgan fingerprint density at radius 2 is 2.04 bits per heavy atom. The maximum absolute atomic E-state index is 13.8. The molecular formula is C15H19FN4O3S3. The molecule has 0 fully saturated rings. The minimum absolute atomic E-state index is 0.192. The second-order valence-electron chi connectivity index (χ2n) is 5.71. The van der Waals surface area contributed by atoms with Gasteiger partial charge < -0.3 is 0 Å². The van der Waals surface area contributed by atoms with Crippen LogP contribution in [0, 0.1) is 5.82 Å². The van der Waals surface area contributed by atoms with Crippen LogP contribution in [0.5, 0.6) is 0 Å². The van der Waals surface area contributed by atoms with Crippen molar-refractivity contribution in [3.05, 3.63) is 35.6 Å². The van der Waals surface area contributed by atoms with Crippen LogP contribution in [0.2, 0.25) is 0 Å². The molecule has 11 heteroatoms. The van der Waals surface area contributed by atoms with Crippen molar-refractivity contribution in [2.24, 2.45) is 0 Å². The maximum Gasteiger partial charge on any atom is 0.241 e. The summed E-state index contributed by atoms with van der Waals surface area (Å²) in [6, 6.07) is 5.84. The lowest BCUT2D eigenvalue weighted by Gasteiger charge is -2.19. The number of carbonyl (C=O) groups is 1. The van der Waals surface area contributed by atoms with Crippen molar-refractivity contribution in [2.75, 3.05) is 18.1 Å². The van der Waals surface area contributed by atoms with Gasteiger partial charge in [0.25, 0.3) is 0 Å². The molecule has 2 aromatic rings. The van der Waals surface area contributed by atoms with E-state index in [4.69, 9.17) is 0 Å². The number of nitrogens with one attached hydrogen (secondary N) is 1.